The van der Waals surface area contributed by atoms with E-state index in [0.29, 0.717) is 32.2 Å². The average Bonchev–Trinajstić information content (AvgIpc) is 3.27. The van der Waals surface area contributed by atoms with E-state index < -0.39 is 51.5 Å². The third-order valence-corrected chi connectivity index (χ3v) is 7.97. The number of hydrogen-bond acceptors (Lipinski definition) is 5. The number of aryl methyl sites for hydroxylation is 1. The van der Waals surface area contributed by atoms with Crippen molar-refractivity contribution >= 4 is 21.7 Å². The number of halogens is 2. The second kappa shape index (κ2) is 9.66. The molecular formula is C25H28F2N2O5S. The van der Waals surface area contributed by atoms with Gasteiger partial charge in [-0.3, -0.25) is 9.59 Å². The normalized spacial score (nSPS) is 23.0. The Morgan fingerprint density at radius 3 is 2.51 bits per heavy atom. The molecule has 1 aliphatic heterocycles. The van der Waals surface area contributed by atoms with Gasteiger partial charge in [0.1, 0.15) is 17.7 Å². The summed E-state index contributed by atoms with van der Waals surface area (Å²) in [6.07, 6.45) is 2.11. The fraction of sp³-hybridized carbons (Fsp3) is 0.440. The summed E-state index contributed by atoms with van der Waals surface area (Å²) in [6.45, 7) is 1.75. The molecule has 0 spiro atoms. The van der Waals surface area contributed by atoms with Crippen molar-refractivity contribution in [2.24, 2.45) is 5.92 Å². The highest BCUT2D eigenvalue weighted by molar-refractivity contribution is 7.90. The molecule has 0 unspecified atom stereocenters. The third-order valence-electron chi connectivity index (χ3n) is 6.86. The van der Waals surface area contributed by atoms with Crippen LogP contribution < -0.4 is 5.32 Å². The fourth-order valence-corrected chi connectivity index (χ4v) is 5.48. The van der Waals surface area contributed by atoms with Crippen LogP contribution in [0.4, 0.5) is 8.78 Å². The minimum Gasteiger partial charge on any atom is -0.393 e. The third kappa shape index (κ3) is 5.23. The molecule has 1 saturated carbocycles. The first kappa shape index (κ1) is 25.2. The quantitative estimate of drug-likeness (QED) is 0.627. The predicted molar refractivity (Wildman–Crippen MR) is 124 cm³/mol. The Kier molecular flexibility index (Phi) is 6.97. The Morgan fingerprint density at radius 2 is 1.86 bits per heavy atom. The van der Waals surface area contributed by atoms with Gasteiger partial charge in [0, 0.05) is 23.9 Å². The van der Waals surface area contributed by atoms with E-state index in [-0.39, 0.29) is 27.5 Å². The van der Waals surface area contributed by atoms with Gasteiger partial charge in [-0.05, 0) is 74.4 Å². The molecule has 188 valence electrons. The lowest BCUT2D eigenvalue weighted by molar-refractivity contribution is -0.126. The van der Waals surface area contributed by atoms with Crippen LogP contribution in [0.2, 0.25) is 0 Å². The van der Waals surface area contributed by atoms with Crippen molar-refractivity contribution in [3.05, 3.63) is 64.7 Å². The number of aliphatic hydroxyl groups excluding tert-OH is 1. The molecule has 0 aromatic heterocycles. The number of carbonyl (C=O) groups is 2. The average molecular weight is 507 g/mol. The van der Waals surface area contributed by atoms with Crippen molar-refractivity contribution in [3.8, 4) is 0 Å². The first-order chi connectivity index (χ1) is 16.5. The summed E-state index contributed by atoms with van der Waals surface area (Å²) >= 11 is 0. The van der Waals surface area contributed by atoms with Gasteiger partial charge in [0.2, 0.25) is 5.91 Å². The summed E-state index contributed by atoms with van der Waals surface area (Å²) in [6, 6.07) is 6.12. The highest BCUT2D eigenvalue weighted by Crippen LogP contribution is 2.39. The highest BCUT2D eigenvalue weighted by atomic mass is 32.2. The van der Waals surface area contributed by atoms with Gasteiger partial charge < -0.3 is 15.3 Å². The summed E-state index contributed by atoms with van der Waals surface area (Å²) in [4.78, 5) is 27.9. The molecule has 7 nitrogen and oxygen atoms in total. The van der Waals surface area contributed by atoms with E-state index in [1.165, 1.54) is 36.1 Å². The number of benzene rings is 2. The van der Waals surface area contributed by atoms with Gasteiger partial charge in [-0.15, -0.1) is 0 Å². The summed E-state index contributed by atoms with van der Waals surface area (Å²) in [7, 11) is -3.52. The van der Waals surface area contributed by atoms with Crippen molar-refractivity contribution in [1.82, 2.24) is 10.2 Å². The molecule has 1 saturated heterocycles. The summed E-state index contributed by atoms with van der Waals surface area (Å²) in [5, 5.41) is 12.6. The van der Waals surface area contributed by atoms with E-state index in [1.807, 2.05) is 0 Å². The van der Waals surface area contributed by atoms with Gasteiger partial charge in [-0.1, -0.05) is 6.07 Å². The molecule has 2 atom stereocenters. The molecule has 0 bridgehead atoms. The Bertz CT molecular complexity index is 1260. The first-order valence-corrected chi connectivity index (χ1v) is 13.4. The second-order valence-corrected chi connectivity index (χ2v) is 11.5. The van der Waals surface area contributed by atoms with E-state index in [2.05, 4.69) is 5.32 Å². The number of likely N-dealkylation sites (tertiary alicyclic amines) is 1. The van der Waals surface area contributed by atoms with Crippen LogP contribution in [0.5, 0.6) is 0 Å². The monoisotopic (exact) mass is 506 g/mol. The zero-order valence-corrected chi connectivity index (χ0v) is 20.3. The van der Waals surface area contributed by atoms with Gasteiger partial charge in [0.05, 0.1) is 17.0 Å². The number of amides is 2. The minimum absolute atomic E-state index is 0.00373. The maximum Gasteiger partial charge on any atom is 0.254 e. The van der Waals surface area contributed by atoms with Gasteiger partial charge in [0.15, 0.2) is 9.84 Å². The highest BCUT2D eigenvalue weighted by Gasteiger charge is 2.40. The van der Waals surface area contributed by atoms with Crippen LogP contribution in [0.3, 0.4) is 0 Å². The molecular weight excluding hydrogens is 478 g/mol. The number of aliphatic hydroxyl groups is 1. The Morgan fingerprint density at radius 1 is 1.14 bits per heavy atom. The van der Waals surface area contributed by atoms with Crippen molar-refractivity contribution in [1.29, 1.82) is 0 Å². The summed E-state index contributed by atoms with van der Waals surface area (Å²) < 4.78 is 52.8. The summed E-state index contributed by atoms with van der Waals surface area (Å²) in [5.41, 5.74) is 0.307. The topological polar surface area (TPSA) is 104 Å². The van der Waals surface area contributed by atoms with Crippen molar-refractivity contribution in [2.45, 2.75) is 55.7 Å². The summed E-state index contributed by atoms with van der Waals surface area (Å²) in [5.74, 6) is -2.49. The van der Waals surface area contributed by atoms with Crippen LogP contribution in [-0.4, -0.2) is 55.2 Å². The molecule has 0 radical (unpaired) electrons. The van der Waals surface area contributed by atoms with Gasteiger partial charge in [-0.2, -0.15) is 0 Å². The van der Waals surface area contributed by atoms with E-state index in [0.717, 1.165) is 18.4 Å². The smallest absolute Gasteiger partial charge is 0.254 e. The van der Waals surface area contributed by atoms with Gasteiger partial charge in [-0.25, -0.2) is 17.2 Å². The van der Waals surface area contributed by atoms with E-state index >= 15 is 0 Å². The molecule has 2 aromatic rings. The molecule has 35 heavy (non-hydrogen) atoms. The Hall–Kier alpha value is -2.85. The molecule has 2 N–H and O–H groups in total. The maximum atomic E-state index is 14.8. The first-order valence-electron chi connectivity index (χ1n) is 11.5. The van der Waals surface area contributed by atoms with Crippen LogP contribution in [0.1, 0.15) is 53.2 Å². The number of nitrogens with one attached hydrogen (secondary N) is 1. The van der Waals surface area contributed by atoms with Crippen molar-refractivity contribution in [2.75, 3.05) is 12.8 Å². The van der Waals surface area contributed by atoms with Crippen molar-refractivity contribution in [3.63, 3.8) is 0 Å². The zero-order chi connectivity index (χ0) is 25.5. The molecule has 2 fully saturated rings. The molecule has 2 amide bonds. The minimum atomic E-state index is -3.52. The van der Waals surface area contributed by atoms with E-state index in [9.17, 15) is 31.9 Å². The SMILES string of the molecule is Cc1cc(F)c([C@H](NC(=O)[C@H]2CCCN2C(=O)c2cccc(S(C)(=O)=O)c2)[C@H]2C[C@H](O)C2)cc1F. The number of carbonyl (C=O) groups excluding carboxylic acids is 2. The molecule has 4 rings (SSSR count). The molecule has 10 heteroatoms. The largest absolute Gasteiger partial charge is 0.393 e. The van der Waals surface area contributed by atoms with E-state index in [1.54, 1.807) is 0 Å². The zero-order valence-electron chi connectivity index (χ0n) is 19.5. The lowest BCUT2D eigenvalue weighted by Gasteiger charge is -2.39. The molecule has 2 aromatic carbocycles. The number of rotatable bonds is 6. The Balaban J connectivity index is 1.57. The number of hydrogen-bond donors (Lipinski definition) is 2. The molecule has 2 aliphatic rings. The van der Waals surface area contributed by atoms with Crippen LogP contribution in [-0.2, 0) is 14.6 Å². The van der Waals surface area contributed by atoms with Gasteiger partial charge in [0.25, 0.3) is 5.91 Å². The predicted octanol–water partition coefficient (Wildman–Crippen LogP) is 2.91. The lowest BCUT2D eigenvalue weighted by atomic mass is 9.74. The second-order valence-electron chi connectivity index (χ2n) is 9.45. The van der Waals surface area contributed by atoms with Crippen LogP contribution in [0.15, 0.2) is 41.3 Å². The van der Waals surface area contributed by atoms with Crippen LogP contribution >= 0.6 is 0 Å². The van der Waals surface area contributed by atoms with E-state index in [4.69, 9.17) is 0 Å². The van der Waals surface area contributed by atoms with Crippen molar-refractivity contribution < 1.29 is 31.9 Å². The number of sulfone groups is 1. The maximum absolute atomic E-state index is 14.8. The Labute approximate surface area is 203 Å². The fourth-order valence-electron chi connectivity index (χ4n) is 4.81. The molecule has 1 aliphatic carbocycles. The molecule has 1 heterocycles. The standard InChI is InChI=1S/C25H28F2N2O5S/c1-14-9-21(27)19(13-20(14)26)23(16-10-17(30)11-16)28-24(31)22-7-4-8-29(22)25(32)15-5-3-6-18(12-15)35(2,33)34/h3,5-6,9,12-13,16-17,22-23,30H,4,7-8,10-11H2,1-2H3,(H,28,31)/t16-,17-,22-,23-/m1/s1. The number of nitrogens with zero attached hydrogens (tertiary/aromatic N) is 1. The lowest BCUT2D eigenvalue weighted by Crippen LogP contribution is -2.49. The van der Waals surface area contributed by atoms with Crippen LogP contribution in [0, 0.1) is 24.5 Å². The van der Waals surface area contributed by atoms with Crippen LogP contribution in [0.25, 0.3) is 0 Å². The van der Waals surface area contributed by atoms with Gasteiger partial charge >= 0.3 is 0 Å².